The van der Waals surface area contributed by atoms with Crippen molar-refractivity contribution in [3.63, 3.8) is 0 Å². The van der Waals surface area contributed by atoms with Gasteiger partial charge in [0.25, 0.3) is 0 Å². The van der Waals surface area contributed by atoms with Crippen LogP contribution >= 0.6 is 11.3 Å². The molecule has 1 saturated heterocycles. The van der Waals surface area contributed by atoms with Crippen molar-refractivity contribution in [3.05, 3.63) is 21.9 Å². The lowest BCUT2D eigenvalue weighted by Crippen LogP contribution is -2.48. The minimum atomic E-state index is -0.284. The minimum absolute atomic E-state index is 0.0325. The number of piperidine rings is 1. The maximum atomic E-state index is 12.3. The van der Waals surface area contributed by atoms with E-state index in [9.17, 15) is 9.59 Å². The Morgan fingerprint density at radius 3 is 2.91 bits per heavy atom. The smallest absolute Gasteiger partial charge is 0.317 e. The molecule has 122 valence electrons. The number of likely N-dealkylation sites (tertiary alicyclic amines) is 1. The molecule has 0 radical (unpaired) electrons. The second kappa shape index (κ2) is 7.63. The highest BCUT2D eigenvalue weighted by Gasteiger charge is 2.25. The first-order chi connectivity index (χ1) is 10.4. The van der Waals surface area contributed by atoms with E-state index in [0.29, 0.717) is 13.0 Å². The minimum Gasteiger partial charge on any atom is -0.370 e. The molecule has 0 spiro atoms. The molecule has 3 amide bonds. The quantitative estimate of drug-likeness (QED) is 0.872. The van der Waals surface area contributed by atoms with Crippen LogP contribution in [0.15, 0.2) is 12.1 Å². The predicted molar refractivity (Wildman–Crippen MR) is 88.9 cm³/mol. The van der Waals surface area contributed by atoms with Crippen molar-refractivity contribution in [1.82, 2.24) is 10.2 Å². The molecule has 0 saturated carbocycles. The lowest BCUT2D eigenvalue weighted by Gasteiger charge is -2.33. The van der Waals surface area contributed by atoms with E-state index in [1.165, 1.54) is 9.75 Å². The summed E-state index contributed by atoms with van der Waals surface area (Å²) in [6.45, 7) is 5.49. The van der Waals surface area contributed by atoms with Crippen LogP contribution in [0.4, 0.5) is 4.79 Å². The van der Waals surface area contributed by atoms with Gasteiger partial charge in [-0.25, -0.2) is 4.79 Å². The summed E-state index contributed by atoms with van der Waals surface area (Å²) < 4.78 is 0. The molecule has 5 nitrogen and oxygen atoms in total. The Bertz CT molecular complexity index is 529. The summed E-state index contributed by atoms with van der Waals surface area (Å²) in [5, 5.41) is 3.06. The number of nitrogens with zero attached hydrogens (tertiary/aromatic N) is 1. The van der Waals surface area contributed by atoms with Crippen LogP contribution < -0.4 is 11.1 Å². The van der Waals surface area contributed by atoms with Crippen molar-refractivity contribution in [3.8, 4) is 0 Å². The molecule has 22 heavy (non-hydrogen) atoms. The topological polar surface area (TPSA) is 75.4 Å². The molecule has 3 N–H and O–H groups in total. The van der Waals surface area contributed by atoms with Crippen LogP contribution in [0.25, 0.3) is 0 Å². The van der Waals surface area contributed by atoms with Crippen LogP contribution in [0, 0.1) is 12.8 Å². The molecule has 1 aromatic rings. The number of amides is 3. The number of thiophene rings is 1. The molecule has 1 aliphatic heterocycles. The molecule has 0 aliphatic carbocycles. The van der Waals surface area contributed by atoms with Crippen LogP contribution in [0.5, 0.6) is 0 Å². The molecule has 0 aromatic carbocycles. The average molecular weight is 323 g/mol. The maximum absolute atomic E-state index is 12.3. The first-order valence-corrected chi connectivity index (χ1v) is 8.64. The zero-order valence-electron chi connectivity index (χ0n) is 13.3. The third-order valence-electron chi connectivity index (χ3n) is 3.97. The van der Waals surface area contributed by atoms with Crippen LogP contribution in [-0.4, -0.2) is 36.0 Å². The number of nitrogens with two attached hydrogens (primary N) is 1. The molecule has 1 aromatic heterocycles. The Hall–Kier alpha value is -1.56. The number of urea groups is 1. The number of hydrogen-bond acceptors (Lipinski definition) is 3. The van der Waals surface area contributed by atoms with Gasteiger partial charge in [0.15, 0.2) is 0 Å². The third kappa shape index (κ3) is 5.02. The molecular weight excluding hydrogens is 298 g/mol. The third-order valence-corrected chi connectivity index (χ3v) is 4.99. The highest BCUT2D eigenvalue weighted by atomic mass is 32.1. The molecule has 2 heterocycles. The zero-order chi connectivity index (χ0) is 16.1. The summed E-state index contributed by atoms with van der Waals surface area (Å²) in [6.07, 6.45) is 3.12. The van der Waals surface area contributed by atoms with Crippen molar-refractivity contribution in [2.45, 2.75) is 45.6 Å². The molecule has 2 rings (SSSR count). The number of primary amides is 1. The van der Waals surface area contributed by atoms with E-state index in [1.807, 2.05) is 11.8 Å². The van der Waals surface area contributed by atoms with Crippen molar-refractivity contribution >= 4 is 23.3 Å². The van der Waals surface area contributed by atoms with Crippen molar-refractivity contribution in [2.24, 2.45) is 11.7 Å². The van der Waals surface area contributed by atoms with Gasteiger partial charge in [-0.15, -0.1) is 11.3 Å². The summed E-state index contributed by atoms with van der Waals surface area (Å²) in [4.78, 5) is 27.8. The summed E-state index contributed by atoms with van der Waals surface area (Å²) in [7, 11) is 0. The highest BCUT2D eigenvalue weighted by molar-refractivity contribution is 7.11. The van der Waals surface area contributed by atoms with Gasteiger partial charge in [0.1, 0.15) is 0 Å². The Kier molecular flexibility index (Phi) is 5.83. The summed E-state index contributed by atoms with van der Waals surface area (Å²) >= 11 is 1.77. The molecular formula is C16H25N3O2S. The Labute approximate surface area is 135 Å². The van der Waals surface area contributed by atoms with Gasteiger partial charge in [0, 0.05) is 41.7 Å². The molecule has 0 unspecified atom stereocenters. The largest absolute Gasteiger partial charge is 0.370 e. The molecule has 6 heteroatoms. The van der Waals surface area contributed by atoms with Gasteiger partial charge in [-0.1, -0.05) is 0 Å². The number of hydrogen-bond donors (Lipinski definition) is 2. The highest BCUT2D eigenvalue weighted by Crippen LogP contribution is 2.20. The molecule has 1 aliphatic rings. The van der Waals surface area contributed by atoms with E-state index in [4.69, 9.17) is 5.73 Å². The number of aryl methyl sites for hydroxylation is 1. The lowest BCUT2D eigenvalue weighted by atomic mass is 9.95. The van der Waals surface area contributed by atoms with E-state index >= 15 is 0 Å². The van der Waals surface area contributed by atoms with Crippen molar-refractivity contribution < 1.29 is 9.59 Å². The standard InChI is InChI=1S/C16H25N3O2S/c1-11(8-14-6-5-12(2)22-14)18-16(21)19-7-3-4-13(10-19)9-15(17)20/h5-6,11,13H,3-4,7-10H2,1-2H3,(H2,17,20)(H,18,21)/t11-,13-/m0/s1. The average Bonchev–Trinajstić information content (AvgIpc) is 2.83. The van der Waals surface area contributed by atoms with Crippen molar-refractivity contribution in [2.75, 3.05) is 13.1 Å². The van der Waals surface area contributed by atoms with E-state index in [0.717, 1.165) is 25.8 Å². The van der Waals surface area contributed by atoms with Gasteiger partial charge in [0.05, 0.1) is 0 Å². The van der Waals surface area contributed by atoms with E-state index in [-0.39, 0.29) is 23.9 Å². The molecule has 0 bridgehead atoms. The summed E-state index contributed by atoms with van der Waals surface area (Å²) in [5.41, 5.74) is 5.26. The second-order valence-electron chi connectivity index (χ2n) is 6.19. The van der Waals surface area contributed by atoms with Gasteiger partial charge in [0.2, 0.25) is 5.91 Å². The van der Waals surface area contributed by atoms with Crippen LogP contribution in [0.2, 0.25) is 0 Å². The maximum Gasteiger partial charge on any atom is 0.317 e. The first-order valence-electron chi connectivity index (χ1n) is 7.83. The van der Waals surface area contributed by atoms with Gasteiger partial charge in [-0.2, -0.15) is 0 Å². The Morgan fingerprint density at radius 2 is 2.27 bits per heavy atom. The van der Waals surface area contributed by atoms with E-state index in [1.54, 1.807) is 11.3 Å². The number of rotatable bonds is 5. The SMILES string of the molecule is Cc1ccc(C[C@H](C)NC(=O)N2CCC[C@@H](CC(N)=O)C2)s1. The number of carbonyl (C=O) groups excluding carboxylic acids is 2. The van der Waals surface area contributed by atoms with Crippen LogP contribution in [0.3, 0.4) is 0 Å². The molecule has 1 fully saturated rings. The van der Waals surface area contributed by atoms with Crippen molar-refractivity contribution in [1.29, 1.82) is 0 Å². The van der Waals surface area contributed by atoms with E-state index in [2.05, 4.69) is 24.4 Å². The van der Waals surface area contributed by atoms with Crippen LogP contribution in [0.1, 0.15) is 35.9 Å². The Morgan fingerprint density at radius 1 is 1.50 bits per heavy atom. The Balaban J connectivity index is 1.81. The van der Waals surface area contributed by atoms with Gasteiger partial charge in [-0.3, -0.25) is 4.79 Å². The fourth-order valence-corrected chi connectivity index (χ4v) is 3.97. The zero-order valence-corrected chi connectivity index (χ0v) is 14.1. The number of nitrogens with one attached hydrogen (secondary N) is 1. The lowest BCUT2D eigenvalue weighted by molar-refractivity contribution is -0.119. The normalized spacial score (nSPS) is 19.7. The fourth-order valence-electron chi connectivity index (χ4n) is 2.95. The monoisotopic (exact) mass is 323 g/mol. The number of carbonyl (C=O) groups is 2. The second-order valence-corrected chi connectivity index (χ2v) is 7.56. The summed E-state index contributed by atoms with van der Waals surface area (Å²) in [5.74, 6) is -0.0825. The van der Waals surface area contributed by atoms with Gasteiger partial charge >= 0.3 is 6.03 Å². The molecule has 2 atom stereocenters. The first kappa shape index (κ1) is 16.8. The summed E-state index contributed by atoms with van der Waals surface area (Å²) in [6, 6.07) is 4.29. The predicted octanol–water partition coefficient (Wildman–Crippen LogP) is 2.28. The van der Waals surface area contributed by atoms with Gasteiger partial charge < -0.3 is 16.0 Å². The van der Waals surface area contributed by atoms with E-state index < -0.39 is 0 Å². The van der Waals surface area contributed by atoms with Gasteiger partial charge in [-0.05, 0) is 44.7 Å². The fraction of sp³-hybridized carbons (Fsp3) is 0.625. The van der Waals surface area contributed by atoms with Crippen LogP contribution in [-0.2, 0) is 11.2 Å².